The van der Waals surface area contributed by atoms with E-state index in [9.17, 15) is 4.79 Å². The molecule has 1 heterocycles. The lowest BCUT2D eigenvalue weighted by Gasteiger charge is -2.03. The van der Waals surface area contributed by atoms with Gasteiger partial charge in [-0.2, -0.15) is 0 Å². The second kappa shape index (κ2) is 4.31. The van der Waals surface area contributed by atoms with Crippen molar-refractivity contribution in [2.75, 3.05) is 11.1 Å². The van der Waals surface area contributed by atoms with Gasteiger partial charge < -0.3 is 5.32 Å². The molecular formula is C11H9N2OS. The van der Waals surface area contributed by atoms with E-state index < -0.39 is 0 Å². The number of amides is 1. The Morgan fingerprint density at radius 1 is 1.40 bits per heavy atom. The number of benzene rings is 1. The topological polar surface area (TPSA) is 42.0 Å². The molecule has 1 aromatic heterocycles. The first kappa shape index (κ1) is 9.98. The highest BCUT2D eigenvalue weighted by atomic mass is 32.1. The van der Waals surface area contributed by atoms with Gasteiger partial charge in [0.2, 0.25) is 5.91 Å². The molecule has 3 nitrogen and oxygen atoms in total. The van der Waals surface area contributed by atoms with Crippen molar-refractivity contribution in [3.8, 4) is 0 Å². The minimum absolute atomic E-state index is 0.0745. The van der Waals surface area contributed by atoms with Crippen LogP contribution in [-0.2, 0) is 4.79 Å². The smallest absolute Gasteiger partial charge is 0.235 e. The Hall–Kier alpha value is -1.55. The maximum atomic E-state index is 11.1. The fourth-order valence-corrected chi connectivity index (χ4v) is 1.42. The SMILES string of the molecule is O=C(C[S])Nc1ccc2ncccc2c1. The van der Waals surface area contributed by atoms with E-state index in [0.717, 1.165) is 16.6 Å². The molecule has 0 aliphatic rings. The summed E-state index contributed by atoms with van der Waals surface area (Å²) in [5.41, 5.74) is 1.67. The predicted octanol–water partition coefficient (Wildman–Crippen LogP) is 2.37. The Morgan fingerprint density at radius 2 is 2.27 bits per heavy atom. The van der Waals surface area contributed by atoms with Gasteiger partial charge in [-0.3, -0.25) is 9.78 Å². The summed E-state index contributed by atoms with van der Waals surface area (Å²) in [6.45, 7) is 0. The van der Waals surface area contributed by atoms with Crippen LogP contribution in [0.5, 0.6) is 0 Å². The number of nitrogens with one attached hydrogen (secondary N) is 1. The Morgan fingerprint density at radius 3 is 3.07 bits per heavy atom. The molecule has 0 aliphatic carbocycles. The van der Waals surface area contributed by atoms with Gasteiger partial charge in [0.05, 0.1) is 11.3 Å². The number of aromatic nitrogens is 1. The third-order valence-electron chi connectivity index (χ3n) is 2.02. The summed E-state index contributed by atoms with van der Waals surface area (Å²) >= 11 is 4.65. The lowest BCUT2D eigenvalue weighted by atomic mass is 10.2. The predicted molar refractivity (Wildman–Crippen MR) is 62.8 cm³/mol. The van der Waals surface area contributed by atoms with E-state index in [2.05, 4.69) is 22.9 Å². The van der Waals surface area contributed by atoms with Crippen LogP contribution in [0.1, 0.15) is 0 Å². The molecule has 0 saturated heterocycles. The first-order valence-corrected chi connectivity index (χ1v) is 5.10. The maximum Gasteiger partial charge on any atom is 0.235 e. The molecule has 0 unspecified atom stereocenters. The van der Waals surface area contributed by atoms with E-state index in [1.54, 1.807) is 6.20 Å². The van der Waals surface area contributed by atoms with E-state index in [4.69, 9.17) is 0 Å². The molecule has 2 rings (SSSR count). The Balaban J connectivity index is 2.34. The number of pyridine rings is 1. The Labute approximate surface area is 92.9 Å². The molecule has 1 aromatic carbocycles. The van der Waals surface area contributed by atoms with Gasteiger partial charge in [0.25, 0.3) is 0 Å². The zero-order valence-corrected chi connectivity index (χ0v) is 8.75. The fraction of sp³-hybridized carbons (Fsp3) is 0.0909. The van der Waals surface area contributed by atoms with E-state index in [0.29, 0.717) is 0 Å². The average Bonchev–Trinajstić information content (AvgIpc) is 2.29. The highest BCUT2D eigenvalue weighted by Gasteiger charge is 2.00. The number of nitrogens with zero attached hydrogens (tertiary/aromatic N) is 1. The molecule has 0 aliphatic heterocycles. The summed E-state index contributed by atoms with van der Waals surface area (Å²) < 4.78 is 0. The van der Waals surface area contributed by atoms with Crippen LogP contribution < -0.4 is 5.32 Å². The number of fused-ring (bicyclic) bond motifs is 1. The summed E-state index contributed by atoms with van der Waals surface area (Å²) in [6.07, 6.45) is 1.74. The summed E-state index contributed by atoms with van der Waals surface area (Å²) in [7, 11) is 0. The minimum atomic E-state index is -0.159. The molecule has 4 heteroatoms. The van der Waals surface area contributed by atoms with Crippen molar-refractivity contribution in [2.24, 2.45) is 0 Å². The largest absolute Gasteiger partial charge is 0.325 e. The highest BCUT2D eigenvalue weighted by Crippen LogP contribution is 2.16. The molecule has 0 saturated carbocycles. The van der Waals surface area contributed by atoms with Gasteiger partial charge in [0, 0.05) is 17.3 Å². The van der Waals surface area contributed by atoms with Crippen molar-refractivity contribution in [3.63, 3.8) is 0 Å². The van der Waals surface area contributed by atoms with Crippen LogP contribution in [0.3, 0.4) is 0 Å². The van der Waals surface area contributed by atoms with Crippen LogP contribution >= 0.6 is 12.6 Å². The van der Waals surface area contributed by atoms with Crippen molar-refractivity contribution in [3.05, 3.63) is 36.5 Å². The second-order valence-electron chi connectivity index (χ2n) is 3.10. The van der Waals surface area contributed by atoms with Crippen LogP contribution in [0.4, 0.5) is 5.69 Å². The molecule has 0 fully saturated rings. The van der Waals surface area contributed by atoms with Crippen molar-refractivity contribution in [2.45, 2.75) is 0 Å². The molecule has 0 spiro atoms. The molecule has 2 aromatic rings. The molecule has 15 heavy (non-hydrogen) atoms. The number of rotatable bonds is 2. The maximum absolute atomic E-state index is 11.1. The summed E-state index contributed by atoms with van der Waals surface area (Å²) in [6, 6.07) is 9.38. The molecule has 0 atom stereocenters. The molecule has 1 N–H and O–H groups in total. The van der Waals surface area contributed by atoms with Crippen LogP contribution in [0.2, 0.25) is 0 Å². The quantitative estimate of drug-likeness (QED) is 0.839. The summed E-state index contributed by atoms with van der Waals surface area (Å²) in [5.74, 6) is -0.0846. The first-order valence-electron chi connectivity index (χ1n) is 4.52. The van der Waals surface area contributed by atoms with Crippen LogP contribution in [0.15, 0.2) is 36.5 Å². The van der Waals surface area contributed by atoms with Crippen molar-refractivity contribution >= 4 is 35.1 Å². The third kappa shape index (κ3) is 2.27. The van der Waals surface area contributed by atoms with Gasteiger partial charge in [0.1, 0.15) is 0 Å². The van der Waals surface area contributed by atoms with Gasteiger partial charge in [-0.1, -0.05) is 18.7 Å². The first-order chi connectivity index (χ1) is 7.29. The molecule has 0 bridgehead atoms. The monoisotopic (exact) mass is 217 g/mol. The normalized spacial score (nSPS) is 10.2. The number of carbonyl (C=O) groups is 1. The zero-order valence-electron chi connectivity index (χ0n) is 7.93. The van der Waals surface area contributed by atoms with Crippen molar-refractivity contribution in [1.82, 2.24) is 4.98 Å². The van der Waals surface area contributed by atoms with Gasteiger partial charge in [-0.25, -0.2) is 0 Å². The number of hydrogen-bond acceptors (Lipinski definition) is 2. The van der Waals surface area contributed by atoms with Crippen molar-refractivity contribution in [1.29, 1.82) is 0 Å². The number of carbonyl (C=O) groups excluding carboxylic acids is 1. The van der Waals surface area contributed by atoms with Gasteiger partial charge in [-0.15, -0.1) is 0 Å². The minimum Gasteiger partial charge on any atom is -0.325 e. The van der Waals surface area contributed by atoms with Crippen LogP contribution in [0.25, 0.3) is 10.9 Å². The van der Waals surface area contributed by atoms with Crippen LogP contribution in [-0.4, -0.2) is 16.6 Å². The van der Waals surface area contributed by atoms with E-state index in [1.807, 2.05) is 30.3 Å². The second-order valence-corrected chi connectivity index (χ2v) is 3.39. The molecule has 1 amide bonds. The average molecular weight is 217 g/mol. The number of hydrogen-bond donors (Lipinski definition) is 1. The summed E-state index contributed by atoms with van der Waals surface area (Å²) in [4.78, 5) is 15.3. The zero-order chi connectivity index (χ0) is 10.7. The Bertz CT molecular complexity index is 499. The summed E-state index contributed by atoms with van der Waals surface area (Å²) in [5, 5.41) is 3.71. The third-order valence-corrected chi connectivity index (χ3v) is 2.28. The van der Waals surface area contributed by atoms with Gasteiger partial charge in [0.15, 0.2) is 0 Å². The number of anilines is 1. The van der Waals surface area contributed by atoms with Crippen molar-refractivity contribution < 1.29 is 4.79 Å². The molecule has 75 valence electrons. The van der Waals surface area contributed by atoms with Crippen LogP contribution in [0, 0.1) is 0 Å². The highest BCUT2D eigenvalue weighted by molar-refractivity contribution is 7.81. The lowest BCUT2D eigenvalue weighted by molar-refractivity contribution is -0.113. The molecule has 1 radical (unpaired) electrons. The standard InChI is InChI=1S/C11H9N2OS/c14-11(7-15)13-9-3-4-10-8(6-9)2-1-5-12-10/h1-6H,7H2,(H,13,14). The van der Waals surface area contributed by atoms with E-state index >= 15 is 0 Å². The fourth-order valence-electron chi connectivity index (χ4n) is 1.35. The van der Waals surface area contributed by atoms with Gasteiger partial charge in [-0.05, 0) is 24.3 Å². The Kier molecular flexibility index (Phi) is 2.87. The lowest BCUT2D eigenvalue weighted by Crippen LogP contribution is -2.12. The molecular weight excluding hydrogens is 208 g/mol. The van der Waals surface area contributed by atoms with E-state index in [1.165, 1.54) is 0 Å². The van der Waals surface area contributed by atoms with Gasteiger partial charge >= 0.3 is 0 Å². The van der Waals surface area contributed by atoms with E-state index in [-0.39, 0.29) is 11.7 Å².